The normalized spacial score (nSPS) is 12.5. The molecule has 0 bridgehead atoms. The molecule has 0 fully saturated rings. The van der Waals surface area contributed by atoms with Crippen LogP contribution in [0.3, 0.4) is 0 Å². The predicted octanol–water partition coefficient (Wildman–Crippen LogP) is 4.53. The van der Waals surface area contributed by atoms with E-state index in [1.54, 1.807) is 6.07 Å². The topological polar surface area (TPSA) is 26.0 Å². The summed E-state index contributed by atoms with van der Waals surface area (Å²) in [5.74, 6) is -0.214. The fourth-order valence-corrected chi connectivity index (χ4v) is 2.87. The van der Waals surface area contributed by atoms with Gasteiger partial charge in [0.1, 0.15) is 5.82 Å². The molecule has 106 valence electrons. The van der Waals surface area contributed by atoms with Crippen LogP contribution in [-0.2, 0) is 6.42 Å². The number of benzene rings is 3. The van der Waals surface area contributed by atoms with Gasteiger partial charge in [0.25, 0.3) is 0 Å². The maximum absolute atomic E-state index is 13.2. The van der Waals surface area contributed by atoms with Gasteiger partial charge in [-0.15, -0.1) is 0 Å². The molecule has 0 aliphatic carbocycles. The Balaban J connectivity index is 1.94. The molecule has 0 aliphatic rings. The van der Waals surface area contributed by atoms with E-state index in [0.717, 1.165) is 17.5 Å². The molecule has 0 heterocycles. The van der Waals surface area contributed by atoms with Gasteiger partial charge in [0.05, 0.1) is 0 Å². The molecule has 0 aromatic heterocycles. The zero-order chi connectivity index (χ0) is 14.8. The van der Waals surface area contributed by atoms with Crippen molar-refractivity contribution in [3.63, 3.8) is 0 Å². The summed E-state index contributed by atoms with van der Waals surface area (Å²) in [5.41, 5.74) is 9.48. The lowest BCUT2D eigenvalue weighted by molar-refractivity contribution is 0.622. The van der Waals surface area contributed by atoms with Crippen molar-refractivity contribution < 1.29 is 4.39 Å². The summed E-state index contributed by atoms with van der Waals surface area (Å²) in [6.07, 6.45) is 0.744. The minimum atomic E-state index is -0.214. The fourth-order valence-electron chi connectivity index (χ4n) is 2.87. The Kier molecular flexibility index (Phi) is 3.72. The highest BCUT2D eigenvalue weighted by Gasteiger charge is 2.12. The van der Waals surface area contributed by atoms with Crippen LogP contribution >= 0.6 is 0 Å². The van der Waals surface area contributed by atoms with Crippen LogP contribution in [0.5, 0.6) is 0 Å². The van der Waals surface area contributed by atoms with Crippen molar-refractivity contribution in [3.8, 4) is 0 Å². The number of hydrogen-bond donors (Lipinski definition) is 1. The van der Waals surface area contributed by atoms with Crippen LogP contribution in [0.25, 0.3) is 10.8 Å². The van der Waals surface area contributed by atoms with E-state index in [-0.39, 0.29) is 11.9 Å². The van der Waals surface area contributed by atoms with Crippen molar-refractivity contribution in [2.45, 2.75) is 19.4 Å². The van der Waals surface area contributed by atoms with Gasteiger partial charge in [0, 0.05) is 6.04 Å². The van der Waals surface area contributed by atoms with E-state index in [4.69, 9.17) is 5.73 Å². The maximum atomic E-state index is 13.2. The van der Waals surface area contributed by atoms with Gasteiger partial charge >= 0.3 is 0 Å². The predicted molar refractivity (Wildman–Crippen MR) is 85.7 cm³/mol. The van der Waals surface area contributed by atoms with Crippen molar-refractivity contribution in [1.29, 1.82) is 0 Å². The van der Waals surface area contributed by atoms with Crippen LogP contribution in [0, 0.1) is 12.7 Å². The second-order valence-corrected chi connectivity index (χ2v) is 5.45. The molecule has 1 atom stereocenters. The Labute approximate surface area is 124 Å². The van der Waals surface area contributed by atoms with E-state index in [1.807, 2.05) is 19.1 Å². The second kappa shape index (κ2) is 5.66. The first-order chi connectivity index (χ1) is 10.1. The molecule has 2 N–H and O–H groups in total. The minimum Gasteiger partial charge on any atom is -0.324 e. The first-order valence-electron chi connectivity index (χ1n) is 7.13. The largest absolute Gasteiger partial charge is 0.324 e. The molecule has 0 saturated heterocycles. The molecular weight excluding hydrogens is 261 g/mol. The molecule has 21 heavy (non-hydrogen) atoms. The Morgan fingerprint density at radius 1 is 1.00 bits per heavy atom. The maximum Gasteiger partial charge on any atom is 0.123 e. The van der Waals surface area contributed by atoms with E-state index in [0.29, 0.717) is 0 Å². The van der Waals surface area contributed by atoms with Crippen molar-refractivity contribution in [2.75, 3.05) is 0 Å². The smallest absolute Gasteiger partial charge is 0.123 e. The van der Waals surface area contributed by atoms with Crippen LogP contribution in [0.2, 0.25) is 0 Å². The number of halogens is 1. The van der Waals surface area contributed by atoms with Crippen molar-refractivity contribution >= 4 is 10.8 Å². The summed E-state index contributed by atoms with van der Waals surface area (Å²) < 4.78 is 13.2. The van der Waals surface area contributed by atoms with E-state index in [2.05, 4.69) is 30.3 Å². The molecule has 0 saturated carbocycles. The highest BCUT2D eigenvalue weighted by Crippen LogP contribution is 2.25. The van der Waals surface area contributed by atoms with Gasteiger partial charge in [-0.05, 0) is 52.9 Å². The lowest BCUT2D eigenvalue weighted by Crippen LogP contribution is -2.15. The number of aryl methyl sites for hydroxylation is 1. The van der Waals surface area contributed by atoms with Gasteiger partial charge in [0.15, 0.2) is 0 Å². The molecule has 0 aliphatic heterocycles. The first-order valence-corrected chi connectivity index (χ1v) is 7.13. The summed E-state index contributed by atoms with van der Waals surface area (Å²) in [4.78, 5) is 0. The highest BCUT2D eigenvalue weighted by atomic mass is 19.1. The lowest BCUT2D eigenvalue weighted by atomic mass is 9.93. The number of fused-ring (bicyclic) bond motifs is 1. The van der Waals surface area contributed by atoms with Crippen LogP contribution < -0.4 is 5.73 Å². The van der Waals surface area contributed by atoms with Gasteiger partial charge in [0.2, 0.25) is 0 Å². The fraction of sp³-hybridized carbons (Fsp3) is 0.158. The van der Waals surface area contributed by atoms with E-state index in [9.17, 15) is 4.39 Å². The number of rotatable bonds is 3. The second-order valence-electron chi connectivity index (χ2n) is 5.45. The molecule has 1 nitrogen and oxygen atoms in total. The third-order valence-corrected chi connectivity index (χ3v) is 3.95. The van der Waals surface area contributed by atoms with Crippen molar-refractivity contribution in [1.82, 2.24) is 0 Å². The Bertz CT molecular complexity index is 774. The number of nitrogens with two attached hydrogens (primary N) is 1. The van der Waals surface area contributed by atoms with Gasteiger partial charge < -0.3 is 5.73 Å². The average Bonchev–Trinajstić information content (AvgIpc) is 2.47. The Morgan fingerprint density at radius 3 is 2.57 bits per heavy atom. The van der Waals surface area contributed by atoms with Crippen LogP contribution in [0.4, 0.5) is 4.39 Å². The third-order valence-electron chi connectivity index (χ3n) is 3.95. The molecule has 3 aromatic carbocycles. The van der Waals surface area contributed by atoms with Crippen LogP contribution in [-0.4, -0.2) is 0 Å². The highest BCUT2D eigenvalue weighted by molar-refractivity contribution is 5.85. The molecule has 3 aromatic rings. The molecular formula is C19H18FN. The monoisotopic (exact) mass is 279 g/mol. The third kappa shape index (κ3) is 2.81. The van der Waals surface area contributed by atoms with Gasteiger partial charge in [-0.25, -0.2) is 4.39 Å². The van der Waals surface area contributed by atoms with Crippen LogP contribution in [0.15, 0.2) is 60.7 Å². The molecule has 3 rings (SSSR count). The standard InChI is InChI=1S/C19H18FN/c1-13-11-16(20)9-10-17(13)19(21)12-15-7-4-6-14-5-2-3-8-18(14)15/h2-11,19H,12,21H2,1H3. The molecule has 0 spiro atoms. The summed E-state index contributed by atoms with van der Waals surface area (Å²) in [7, 11) is 0. The van der Waals surface area contributed by atoms with Crippen molar-refractivity contribution in [3.05, 3.63) is 83.2 Å². The molecule has 2 heteroatoms. The van der Waals surface area contributed by atoms with E-state index < -0.39 is 0 Å². The first kappa shape index (κ1) is 13.8. The zero-order valence-electron chi connectivity index (χ0n) is 12.0. The Hall–Kier alpha value is -2.19. The molecule has 0 radical (unpaired) electrons. The molecule has 0 amide bonds. The zero-order valence-corrected chi connectivity index (χ0v) is 12.0. The minimum absolute atomic E-state index is 0.128. The van der Waals surface area contributed by atoms with Gasteiger partial charge in [-0.3, -0.25) is 0 Å². The lowest BCUT2D eigenvalue weighted by Gasteiger charge is -2.16. The van der Waals surface area contributed by atoms with Gasteiger partial charge in [-0.2, -0.15) is 0 Å². The van der Waals surface area contributed by atoms with E-state index in [1.165, 1.54) is 28.5 Å². The molecule has 1 unspecified atom stereocenters. The average molecular weight is 279 g/mol. The summed E-state index contributed by atoms with van der Waals surface area (Å²) in [6, 6.07) is 19.3. The van der Waals surface area contributed by atoms with Crippen molar-refractivity contribution in [2.24, 2.45) is 5.73 Å². The quantitative estimate of drug-likeness (QED) is 0.749. The summed E-state index contributed by atoms with van der Waals surface area (Å²) in [6.45, 7) is 1.90. The van der Waals surface area contributed by atoms with Crippen LogP contribution in [0.1, 0.15) is 22.7 Å². The SMILES string of the molecule is Cc1cc(F)ccc1C(N)Cc1cccc2ccccc12. The van der Waals surface area contributed by atoms with E-state index >= 15 is 0 Å². The summed E-state index contributed by atoms with van der Waals surface area (Å²) >= 11 is 0. The summed E-state index contributed by atoms with van der Waals surface area (Å²) in [5, 5.41) is 2.45. The Morgan fingerprint density at radius 2 is 1.76 bits per heavy atom. The van der Waals surface area contributed by atoms with Gasteiger partial charge in [-0.1, -0.05) is 48.5 Å². The number of hydrogen-bond acceptors (Lipinski definition) is 1.